The Bertz CT molecular complexity index is 3180. The molecule has 0 amide bonds. The lowest BCUT2D eigenvalue weighted by atomic mass is 10.0. The number of carboxylic acids is 1. The number of unbranched alkanes of at least 4 members (excludes halogenated alkanes) is 12. The number of carbonyl (C=O) groups is 4. The Labute approximate surface area is 583 Å². The summed E-state index contributed by atoms with van der Waals surface area (Å²) >= 11 is 9.53. The molecule has 4 saturated heterocycles. The molecule has 8 atom stereocenters. The Morgan fingerprint density at radius 3 is 0.887 bits per heavy atom. The lowest BCUT2D eigenvalue weighted by molar-refractivity contribution is -0.0287. The third-order valence-corrected chi connectivity index (χ3v) is 16.6. The van der Waals surface area contributed by atoms with E-state index in [1.165, 1.54) is 70.6 Å². The molecule has 97 heavy (non-hydrogen) atoms. The number of esters is 3. The summed E-state index contributed by atoms with van der Waals surface area (Å²) in [6, 6.07) is 44.1. The number of benzene rings is 6. The van der Waals surface area contributed by atoms with Gasteiger partial charge in [0, 0.05) is 0 Å². The van der Waals surface area contributed by atoms with Gasteiger partial charge in [0.25, 0.3) is 0 Å². The van der Waals surface area contributed by atoms with Crippen molar-refractivity contribution >= 4 is 47.1 Å². The first-order valence-electron chi connectivity index (χ1n) is 34.1. The van der Waals surface area contributed by atoms with Crippen LogP contribution in [0.5, 0.6) is 23.0 Å². The lowest BCUT2D eigenvalue weighted by Gasteiger charge is -2.17. The number of hydrogen-bond acceptors (Lipinski definition) is 16. The molecule has 19 heteroatoms. The number of alkyl halides is 2. The molecule has 0 saturated carbocycles. The minimum Gasteiger partial charge on any atom is -0.494 e. The molecule has 528 valence electrons. The van der Waals surface area contributed by atoms with Crippen molar-refractivity contribution in [1.82, 2.24) is 0 Å². The van der Waals surface area contributed by atoms with Crippen LogP contribution in [0.3, 0.4) is 0 Å². The van der Waals surface area contributed by atoms with Crippen LogP contribution in [0.25, 0.3) is 22.3 Å². The molecule has 10 rings (SSSR count). The Balaban J connectivity index is 0.000000250. The number of aromatic carboxylic acids is 1. The molecular weight excluding hydrogens is 1280 g/mol. The van der Waals surface area contributed by atoms with E-state index in [2.05, 4.69) is 27.7 Å². The summed E-state index contributed by atoms with van der Waals surface area (Å²) in [7, 11) is 0. The van der Waals surface area contributed by atoms with Crippen molar-refractivity contribution in [2.24, 2.45) is 0 Å². The standard InChI is InChI=1S/C38H46O8.C25H30O6.C13H18O3.CH2Cl2.CH4/c1-3-5-7-9-23-41-31-19-15-28(16-20-31)27-11-13-29(14-12-27)37(39)45-33-25-43-36-34(26-44-35(33)36)46-38(40)30-17-21-32(22-18-30)42-24-10-8-6-4-2;1-2-3-4-5-14-28-20-12-10-18(11-13-20)17-6-8-19(9-7-17)25(27)31-22-16-30-23-21(26)15-29-24(22)23;1-2-3-4-5-10-16-12-8-6-11(7-9-12)13(14)15;2-1-3;/h11-22,33-36H,3-10,23-26H2,1-2H3;6-13,21-24,26H,2-5,14-16H2,1H3;6-9H,2-5,10H2,1H3,(H,14,15);1H2;1H4/t33-,34+,35+,36+;21-,22+,23+,24+;;;/m10.../s1. The van der Waals surface area contributed by atoms with Crippen molar-refractivity contribution in [2.75, 3.05) is 58.2 Å². The summed E-state index contributed by atoms with van der Waals surface area (Å²) in [6.07, 6.45) is 14.5. The van der Waals surface area contributed by atoms with Crippen LogP contribution in [0.1, 0.15) is 179 Å². The molecule has 17 nitrogen and oxygen atoms in total. The number of carboxylic acid groups (broad SMARTS) is 1. The Kier molecular flexibility index (Phi) is 35.7. The van der Waals surface area contributed by atoms with Gasteiger partial charge in [0.1, 0.15) is 53.5 Å². The van der Waals surface area contributed by atoms with Gasteiger partial charge in [-0.15, -0.1) is 23.2 Å². The normalized spacial score (nSPS) is 19.3. The molecule has 0 bridgehead atoms. The number of aliphatic hydroxyl groups is 1. The fourth-order valence-corrected chi connectivity index (χ4v) is 11.1. The average Bonchev–Trinajstić information content (AvgIpc) is 1.69. The van der Waals surface area contributed by atoms with Crippen molar-refractivity contribution in [3.63, 3.8) is 0 Å². The van der Waals surface area contributed by atoms with Crippen molar-refractivity contribution in [3.05, 3.63) is 168 Å². The van der Waals surface area contributed by atoms with Crippen LogP contribution in [-0.4, -0.2) is 141 Å². The van der Waals surface area contributed by atoms with Gasteiger partial charge in [0.05, 0.1) is 80.4 Å². The van der Waals surface area contributed by atoms with Crippen LogP contribution in [-0.2, 0) is 33.2 Å². The number of hydrogen-bond donors (Lipinski definition) is 2. The molecule has 6 aromatic rings. The van der Waals surface area contributed by atoms with Gasteiger partial charge in [0.2, 0.25) is 0 Å². The van der Waals surface area contributed by atoms with E-state index in [0.29, 0.717) is 35.5 Å². The average molecular weight is 1380 g/mol. The number of ether oxygens (including phenoxy) is 11. The molecule has 0 unspecified atom stereocenters. The summed E-state index contributed by atoms with van der Waals surface area (Å²) in [4.78, 5) is 48.9. The molecular formula is C78H100Cl2O17. The van der Waals surface area contributed by atoms with Gasteiger partial charge in [-0.05, 0) is 145 Å². The number of rotatable bonds is 33. The van der Waals surface area contributed by atoms with Crippen LogP contribution in [0.2, 0.25) is 0 Å². The molecule has 4 aliphatic rings. The summed E-state index contributed by atoms with van der Waals surface area (Å²) in [5.74, 6) is 0.951. The molecule has 4 aliphatic heterocycles. The van der Waals surface area contributed by atoms with Gasteiger partial charge >= 0.3 is 23.9 Å². The van der Waals surface area contributed by atoms with E-state index in [9.17, 15) is 24.3 Å². The smallest absolute Gasteiger partial charge is 0.338 e. The zero-order chi connectivity index (χ0) is 68.3. The first-order valence-corrected chi connectivity index (χ1v) is 35.2. The van der Waals surface area contributed by atoms with Gasteiger partial charge in [-0.2, -0.15) is 0 Å². The van der Waals surface area contributed by atoms with Gasteiger partial charge in [-0.3, -0.25) is 0 Å². The molecule has 4 fully saturated rings. The number of aliphatic hydroxyl groups excluding tert-OH is 1. The highest BCUT2D eigenvalue weighted by molar-refractivity contribution is 6.40. The Morgan fingerprint density at radius 1 is 0.361 bits per heavy atom. The van der Waals surface area contributed by atoms with E-state index in [1.807, 2.05) is 72.8 Å². The van der Waals surface area contributed by atoms with Crippen LogP contribution in [0, 0.1) is 0 Å². The minimum absolute atomic E-state index is 0. The largest absolute Gasteiger partial charge is 0.494 e. The second kappa shape index (κ2) is 43.9. The predicted octanol–water partition coefficient (Wildman–Crippen LogP) is 17.2. The minimum atomic E-state index is -0.908. The zero-order valence-electron chi connectivity index (χ0n) is 55.9. The van der Waals surface area contributed by atoms with Gasteiger partial charge in [0.15, 0.2) is 18.3 Å². The quantitative estimate of drug-likeness (QED) is 0.0170. The van der Waals surface area contributed by atoms with Crippen molar-refractivity contribution in [2.45, 2.75) is 187 Å². The fourth-order valence-electron chi connectivity index (χ4n) is 11.1. The van der Waals surface area contributed by atoms with E-state index >= 15 is 0 Å². The van der Waals surface area contributed by atoms with Crippen molar-refractivity contribution < 1.29 is 81.5 Å². The van der Waals surface area contributed by atoms with Crippen LogP contribution < -0.4 is 18.9 Å². The van der Waals surface area contributed by atoms with E-state index < -0.39 is 72.7 Å². The maximum Gasteiger partial charge on any atom is 0.338 e. The summed E-state index contributed by atoms with van der Waals surface area (Å²) in [6.45, 7) is 12.4. The van der Waals surface area contributed by atoms with Gasteiger partial charge in [-0.25, -0.2) is 19.2 Å². The van der Waals surface area contributed by atoms with E-state index in [4.69, 9.17) is 80.4 Å². The first-order chi connectivity index (χ1) is 46.9. The number of fused-ring (bicyclic) bond motifs is 2. The van der Waals surface area contributed by atoms with Crippen molar-refractivity contribution in [3.8, 4) is 45.3 Å². The second-order valence-corrected chi connectivity index (χ2v) is 24.7. The van der Waals surface area contributed by atoms with Gasteiger partial charge in [-0.1, -0.05) is 161 Å². The van der Waals surface area contributed by atoms with Crippen LogP contribution in [0.4, 0.5) is 0 Å². The number of carbonyl (C=O) groups excluding carboxylic acids is 3. The maximum atomic E-state index is 13.0. The monoisotopic (exact) mass is 1380 g/mol. The molecule has 0 spiro atoms. The molecule has 4 heterocycles. The molecule has 0 aromatic heterocycles. The molecule has 0 radical (unpaired) electrons. The predicted molar refractivity (Wildman–Crippen MR) is 378 cm³/mol. The third-order valence-electron chi connectivity index (χ3n) is 16.6. The molecule has 6 aromatic carbocycles. The van der Waals surface area contributed by atoms with E-state index in [1.54, 1.807) is 72.8 Å². The Morgan fingerprint density at radius 2 is 0.598 bits per heavy atom. The topological polar surface area (TPSA) is 210 Å². The summed E-state index contributed by atoms with van der Waals surface area (Å²) in [5, 5.41) is 18.7. The van der Waals surface area contributed by atoms with Crippen LogP contribution in [0.15, 0.2) is 146 Å². The highest BCUT2D eigenvalue weighted by atomic mass is 35.5. The maximum absolute atomic E-state index is 13.0. The molecule has 0 aliphatic carbocycles. The molecule has 2 N–H and O–H groups in total. The first kappa shape index (κ1) is 78.8. The number of halogens is 2. The zero-order valence-corrected chi connectivity index (χ0v) is 57.4. The highest BCUT2D eigenvalue weighted by Crippen LogP contribution is 2.34. The fraction of sp³-hybridized carbons (Fsp3) is 0.487. The highest BCUT2D eigenvalue weighted by Gasteiger charge is 2.52. The summed E-state index contributed by atoms with van der Waals surface area (Å²) in [5.41, 5.74) is 5.71. The SMILES string of the molecule is C.CCCCCCOc1ccc(-c2ccc(C(=O)O[C@@H]3CO[C@H]4[C@@H]3OC[C@@H]4O)cc2)cc1.CCCCCCOc1ccc(C(=O)O)cc1.CCCCCCOc1ccc(C(=O)O[C@H]2CO[C@@H]3[C@H]2OC[C@H]3OC(=O)c2ccc(-c3ccc(OCCCCCC)cc3)cc2)cc1.ClCCl. The van der Waals surface area contributed by atoms with Crippen LogP contribution >= 0.6 is 23.2 Å². The summed E-state index contributed by atoms with van der Waals surface area (Å²) < 4.78 is 62.8. The van der Waals surface area contributed by atoms with Gasteiger partial charge < -0.3 is 62.3 Å². The third kappa shape index (κ3) is 25.9. The van der Waals surface area contributed by atoms with E-state index in [-0.39, 0.29) is 39.2 Å². The Hall–Kier alpha value is -7.22. The van der Waals surface area contributed by atoms with Crippen molar-refractivity contribution in [1.29, 1.82) is 0 Å². The second-order valence-electron chi connectivity index (χ2n) is 23.9. The lowest BCUT2D eigenvalue weighted by Crippen LogP contribution is -2.36. The van der Waals surface area contributed by atoms with E-state index in [0.717, 1.165) is 90.6 Å².